The molecule has 0 aliphatic rings. The Kier molecular flexibility index (Phi) is 7.39. The molecule has 0 saturated heterocycles. The number of carbonyl (C=O) groups excluding carboxylic acids is 2. The molecule has 12 heteroatoms. The Morgan fingerprint density at radius 1 is 1.20 bits per heavy atom. The summed E-state index contributed by atoms with van der Waals surface area (Å²) >= 11 is 0. The van der Waals surface area contributed by atoms with E-state index in [1.807, 2.05) is 0 Å². The SMILES string of the molecule is CNC(=O)c1cc(OC)c(NC(=O)OCC#Cc2cc3c(N)cccc3n2CC(F)(F)F)cc1F. The van der Waals surface area contributed by atoms with Gasteiger partial charge >= 0.3 is 12.3 Å². The van der Waals surface area contributed by atoms with Crippen molar-refractivity contribution >= 4 is 34.3 Å². The van der Waals surface area contributed by atoms with Crippen LogP contribution in [0.3, 0.4) is 0 Å². The lowest BCUT2D eigenvalue weighted by Crippen LogP contribution is -2.20. The highest BCUT2D eigenvalue weighted by atomic mass is 19.4. The number of carbonyl (C=O) groups is 2. The zero-order valence-corrected chi connectivity index (χ0v) is 18.5. The first-order valence-corrected chi connectivity index (χ1v) is 10.0. The van der Waals surface area contributed by atoms with Crippen LogP contribution >= 0.6 is 0 Å². The number of anilines is 2. The fraction of sp³-hybridized carbons (Fsp3) is 0.217. The highest BCUT2D eigenvalue weighted by Crippen LogP contribution is 2.29. The van der Waals surface area contributed by atoms with Gasteiger partial charge in [-0.05, 0) is 30.2 Å². The predicted octanol–water partition coefficient (Wildman–Crippen LogP) is 3.89. The van der Waals surface area contributed by atoms with E-state index in [-0.39, 0.29) is 28.2 Å². The molecular weight excluding hydrogens is 472 g/mol. The number of methoxy groups -OCH3 is 1. The first-order valence-electron chi connectivity index (χ1n) is 10.0. The molecule has 0 bridgehead atoms. The second-order valence-electron chi connectivity index (χ2n) is 7.13. The Balaban J connectivity index is 1.74. The number of rotatable bonds is 5. The molecule has 35 heavy (non-hydrogen) atoms. The van der Waals surface area contributed by atoms with E-state index in [9.17, 15) is 27.2 Å². The smallest absolute Gasteiger partial charge is 0.412 e. The lowest BCUT2D eigenvalue weighted by molar-refractivity contribution is -0.140. The molecule has 2 aromatic carbocycles. The number of hydrogen-bond acceptors (Lipinski definition) is 5. The van der Waals surface area contributed by atoms with Gasteiger partial charge in [0.15, 0.2) is 6.61 Å². The molecule has 0 atom stereocenters. The second kappa shape index (κ2) is 10.3. The molecule has 1 aromatic heterocycles. The van der Waals surface area contributed by atoms with Gasteiger partial charge in [0.1, 0.15) is 18.1 Å². The number of alkyl halides is 3. The van der Waals surface area contributed by atoms with Gasteiger partial charge in [0.25, 0.3) is 5.91 Å². The Morgan fingerprint density at radius 2 is 1.94 bits per heavy atom. The number of benzene rings is 2. The number of nitrogen functional groups attached to an aromatic ring is 1. The number of aromatic nitrogens is 1. The average Bonchev–Trinajstić information content (AvgIpc) is 3.13. The third-order valence-corrected chi connectivity index (χ3v) is 4.81. The molecular formula is C23H20F4N4O4. The van der Waals surface area contributed by atoms with Crippen LogP contribution in [0, 0.1) is 17.7 Å². The van der Waals surface area contributed by atoms with Gasteiger partial charge in [0, 0.05) is 24.2 Å². The van der Waals surface area contributed by atoms with Crippen molar-refractivity contribution in [3.8, 4) is 17.6 Å². The molecule has 0 aliphatic heterocycles. The molecule has 3 aromatic rings. The number of amides is 2. The van der Waals surface area contributed by atoms with Crippen LogP contribution in [0.1, 0.15) is 16.1 Å². The molecule has 0 aliphatic carbocycles. The number of nitrogens with zero attached hydrogens (tertiary/aromatic N) is 1. The fourth-order valence-corrected chi connectivity index (χ4v) is 3.26. The summed E-state index contributed by atoms with van der Waals surface area (Å²) in [6.45, 7) is -1.75. The Labute approximate surface area is 197 Å². The zero-order chi connectivity index (χ0) is 25.8. The van der Waals surface area contributed by atoms with Crippen molar-refractivity contribution in [3.05, 3.63) is 53.5 Å². The third kappa shape index (κ3) is 5.94. The minimum absolute atomic E-state index is 0.00212. The van der Waals surface area contributed by atoms with E-state index in [0.717, 1.165) is 16.7 Å². The Bertz CT molecular complexity index is 1340. The van der Waals surface area contributed by atoms with Crippen LogP contribution in [-0.4, -0.2) is 43.5 Å². The van der Waals surface area contributed by atoms with E-state index in [1.54, 1.807) is 6.07 Å². The largest absolute Gasteiger partial charge is 0.495 e. The maximum atomic E-state index is 14.2. The van der Waals surface area contributed by atoms with E-state index in [4.69, 9.17) is 15.2 Å². The second-order valence-corrected chi connectivity index (χ2v) is 7.13. The predicted molar refractivity (Wildman–Crippen MR) is 121 cm³/mol. The van der Waals surface area contributed by atoms with Gasteiger partial charge in [-0.25, -0.2) is 9.18 Å². The van der Waals surface area contributed by atoms with Crippen LogP contribution in [0.5, 0.6) is 5.75 Å². The van der Waals surface area contributed by atoms with Gasteiger partial charge in [0.05, 0.1) is 29.6 Å². The van der Waals surface area contributed by atoms with Crippen molar-refractivity contribution in [2.75, 3.05) is 31.8 Å². The standard InChI is InChI=1S/C23H20F4N4O4/c1-29-21(32)14-10-20(34-2)18(11-16(14)24)30-22(33)35-8-4-5-13-9-15-17(28)6-3-7-19(15)31(13)12-23(25,26)27/h3,6-7,9-11H,8,12,28H2,1-2H3,(H,29,32)(H,30,33). The minimum atomic E-state index is -4.49. The van der Waals surface area contributed by atoms with Gasteiger partial charge in [-0.15, -0.1) is 0 Å². The average molecular weight is 492 g/mol. The van der Waals surface area contributed by atoms with Crippen LogP contribution < -0.4 is 21.1 Å². The normalized spacial score (nSPS) is 10.9. The van der Waals surface area contributed by atoms with Crippen molar-refractivity contribution in [2.24, 2.45) is 0 Å². The first-order chi connectivity index (χ1) is 16.5. The van der Waals surface area contributed by atoms with E-state index < -0.39 is 37.1 Å². The van der Waals surface area contributed by atoms with Gasteiger partial charge in [0.2, 0.25) is 0 Å². The molecule has 0 radical (unpaired) electrons. The highest BCUT2D eigenvalue weighted by Gasteiger charge is 2.29. The van der Waals surface area contributed by atoms with Crippen LogP contribution in [0.4, 0.5) is 33.7 Å². The minimum Gasteiger partial charge on any atom is -0.495 e. The number of hydrogen-bond donors (Lipinski definition) is 3. The molecule has 8 nitrogen and oxygen atoms in total. The number of ether oxygens (including phenoxy) is 2. The highest BCUT2D eigenvalue weighted by molar-refractivity contribution is 5.96. The zero-order valence-electron chi connectivity index (χ0n) is 18.5. The summed E-state index contributed by atoms with van der Waals surface area (Å²) in [6.07, 6.45) is -5.52. The number of fused-ring (bicyclic) bond motifs is 1. The van der Waals surface area contributed by atoms with Crippen molar-refractivity contribution in [1.82, 2.24) is 9.88 Å². The van der Waals surface area contributed by atoms with Gasteiger partial charge < -0.3 is 25.1 Å². The summed E-state index contributed by atoms with van der Waals surface area (Å²) in [4.78, 5) is 23.8. The van der Waals surface area contributed by atoms with Gasteiger partial charge in [-0.3, -0.25) is 10.1 Å². The number of nitrogens with two attached hydrogens (primary N) is 1. The quantitative estimate of drug-likeness (QED) is 0.285. The molecule has 0 unspecified atom stereocenters. The van der Waals surface area contributed by atoms with Crippen LogP contribution in [0.2, 0.25) is 0 Å². The van der Waals surface area contributed by atoms with Crippen molar-refractivity contribution < 1.29 is 36.6 Å². The molecule has 0 spiro atoms. The molecule has 4 N–H and O–H groups in total. The van der Waals surface area contributed by atoms with E-state index in [2.05, 4.69) is 22.5 Å². The molecule has 0 saturated carbocycles. The van der Waals surface area contributed by atoms with E-state index >= 15 is 0 Å². The summed E-state index contributed by atoms with van der Waals surface area (Å²) in [5, 5.41) is 4.95. The van der Waals surface area contributed by atoms with Crippen molar-refractivity contribution in [1.29, 1.82) is 0 Å². The molecule has 184 valence electrons. The summed E-state index contributed by atoms with van der Waals surface area (Å²) in [6, 6.07) is 8.00. The topological polar surface area (TPSA) is 108 Å². The summed E-state index contributed by atoms with van der Waals surface area (Å²) < 4.78 is 64.4. The van der Waals surface area contributed by atoms with Gasteiger partial charge in [-0.2, -0.15) is 13.2 Å². The summed E-state index contributed by atoms with van der Waals surface area (Å²) in [5.41, 5.74) is 6.07. The number of halogens is 4. The first kappa shape index (κ1) is 25.2. The monoisotopic (exact) mass is 492 g/mol. The third-order valence-electron chi connectivity index (χ3n) is 4.81. The molecule has 0 fully saturated rings. The fourth-order valence-electron chi connectivity index (χ4n) is 3.26. The van der Waals surface area contributed by atoms with Crippen LogP contribution in [0.15, 0.2) is 36.4 Å². The lowest BCUT2D eigenvalue weighted by Gasteiger charge is -2.12. The summed E-state index contributed by atoms with van der Waals surface area (Å²) in [7, 11) is 2.59. The van der Waals surface area contributed by atoms with Crippen molar-refractivity contribution in [2.45, 2.75) is 12.7 Å². The Morgan fingerprint density at radius 3 is 2.60 bits per heavy atom. The molecule has 3 rings (SSSR count). The maximum Gasteiger partial charge on any atom is 0.412 e. The number of nitrogens with one attached hydrogen (secondary N) is 2. The Hall–Kier alpha value is -4.40. The maximum absolute atomic E-state index is 14.2. The van der Waals surface area contributed by atoms with E-state index in [0.29, 0.717) is 11.1 Å². The summed E-state index contributed by atoms with van der Waals surface area (Å²) in [5.74, 6) is 3.44. The van der Waals surface area contributed by atoms with E-state index in [1.165, 1.54) is 32.4 Å². The lowest BCUT2D eigenvalue weighted by atomic mass is 10.1. The van der Waals surface area contributed by atoms with Crippen LogP contribution in [-0.2, 0) is 11.3 Å². The molecule has 2 amide bonds. The van der Waals surface area contributed by atoms with Gasteiger partial charge in [-0.1, -0.05) is 12.0 Å². The van der Waals surface area contributed by atoms with Crippen molar-refractivity contribution in [3.63, 3.8) is 0 Å². The molecule has 1 heterocycles. The van der Waals surface area contributed by atoms with Crippen LogP contribution in [0.25, 0.3) is 10.9 Å².